The van der Waals surface area contributed by atoms with Crippen molar-refractivity contribution in [1.82, 2.24) is 4.98 Å². The first-order valence-electron chi connectivity index (χ1n) is 12.7. The van der Waals surface area contributed by atoms with Gasteiger partial charge in [0.05, 0.1) is 19.8 Å². The Labute approximate surface area is 212 Å². The summed E-state index contributed by atoms with van der Waals surface area (Å²) in [5, 5.41) is 0. The van der Waals surface area contributed by atoms with Crippen molar-refractivity contribution in [1.29, 1.82) is 0 Å². The van der Waals surface area contributed by atoms with E-state index in [-0.39, 0.29) is 18.8 Å². The number of ether oxygens (including phenoxy) is 3. The highest BCUT2D eigenvalue weighted by molar-refractivity contribution is 6.17. The van der Waals surface area contributed by atoms with Crippen LogP contribution in [0.15, 0.2) is 52.5 Å². The molecule has 0 aliphatic rings. The van der Waals surface area contributed by atoms with Gasteiger partial charge in [0, 0.05) is 11.6 Å². The predicted octanol–water partition coefficient (Wildman–Crippen LogP) is 6.60. The molecule has 7 nitrogen and oxygen atoms in total. The number of oxazole rings is 1. The molecule has 0 fully saturated rings. The molecular weight excluding hydrogens is 458 g/mol. The highest BCUT2D eigenvalue weighted by atomic mass is 16.6. The fraction of sp³-hybridized carbons (Fsp3) is 0.414. The van der Waals surface area contributed by atoms with Gasteiger partial charge in [-0.05, 0) is 62.1 Å². The molecule has 0 amide bonds. The van der Waals surface area contributed by atoms with Gasteiger partial charge >= 0.3 is 11.9 Å². The first-order valence-corrected chi connectivity index (χ1v) is 12.7. The lowest BCUT2D eigenvalue weighted by atomic mass is 10.0. The van der Waals surface area contributed by atoms with Gasteiger partial charge in [0.25, 0.3) is 0 Å². The van der Waals surface area contributed by atoms with E-state index >= 15 is 0 Å². The number of fused-ring (bicyclic) bond motifs is 1. The Hall–Kier alpha value is -3.61. The highest BCUT2D eigenvalue weighted by Crippen LogP contribution is 2.28. The van der Waals surface area contributed by atoms with Gasteiger partial charge in [-0.25, -0.2) is 14.6 Å². The second-order valence-corrected chi connectivity index (χ2v) is 8.50. The second kappa shape index (κ2) is 13.5. The van der Waals surface area contributed by atoms with Gasteiger partial charge in [-0.2, -0.15) is 0 Å². The molecule has 0 bridgehead atoms. The molecule has 1 heterocycles. The molecule has 7 heteroatoms. The summed E-state index contributed by atoms with van der Waals surface area (Å²) in [5.74, 6) is 0.362. The van der Waals surface area contributed by atoms with Crippen molar-refractivity contribution in [3.05, 3.63) is 53.6 Å². The fourth-order valence-corrected chi connectivity index (χ4v) is 3.74. The molecule has 1 unspecified atom stereocenters. The molecule has 2 aromatic carbocycles. The average Bonchev–Trinajstić information content (AvgIpc) is 3.31. The van der Waals surface area contributed by atoms with Crippen LogP contribution >= 0.6 is 0 Å². The molecule has 3 rings (SSSR count). The molecule has 0 N–H and O–H groups in total. The molecule has 3 aromatic rings. The molecule has 1 aromatic heterocycles. The normalized spacial score (nSPS) is 11.7. The summed E-state index contributed by atoms with van der Waals surface area (Å²) in [6, 6.07) is 12.9. The van der Waals surface area contributed by atoms with Crippen molar-refractivity contribution in [3.8, 4) is 17.2 Å². The average molecular weight is 494 g/mol. The molecular formula is C29H35NO6. The minimum Gasteiger partial charge on any atom is -0.493 e. The smallest absolute Gasteiger partial charge is 0.345 e. The number of carbonyl (C=O) groups excluding carboxylic acids is 2. The lowest BCUT2D eigenvalue weighted by Crippen LogP contribution is -2.18. The second-order valence-electron chi connectivity index (χ2n) is 8.50. The van der Waals surface area contributed by atoms with Crippen LogP contribution in [0.1, 0.15) is 58.9 Å². The van der Waals surface area contributed by atoms with Crippen molar-refractivity contribution in [3.63, 3.8) is 0 Å². The molecule has 0 saturated carbocycles. The van der Waals surface area contributed by atoms with Crippen LogP contribution in [-0.4, -0.2) is 36.7 Å². The Morgan fingerprint density at radius 2 is 1.67 bits per heavy atom. The van der Waals surface area contributed by atoms with Gasteiger partial charge in [0.2, 0.25) is 5.89 Å². The molecule has 36 heavy (non-hydrogen) atoms. The standard InChI is InChI=1S/C29H35NO6/c1-5-9-10-20(6-2)19-35-23-15-16-25-26(18-23)36-27(30-25)22-13-11-21(12-14-22)17-24(28(31)33-7-3)29(32)34-8-4/h11-18,20H,5-10,19H2,1-4H3. The van der Waals surface area contributed by atoms with Gasteiger partial charge in [0.1, 0.15) is 16.8 Å². The lowest BCUT2D eigenvalue weighted by molar-refractivity contribution is -0.146. The van der Waals surface area contributed by atoms with Crippen LogP contribution in [-0.2, 0) is 19.1 Å². The Balaban J connectivity index is 1.76. The Morgan fingerprint density at radius 3 is 2.28 bits per heavy atom. The largest absolute Gasteiger partial charge is 0.493 e. The number of rotatable bonds is 13. The van der Waals surface area contributed by atoms with E-state index in [1.807, 2.05) is 30.3 Å². The highest BCUT2D eigenvalue weighted by Gasteiger charge is 2.21. The molecule has 192 valence electrons. The number of hydrogen-bond donors (Lipinski definition) is 0. The summed E-state index contributed by atoms with van der Waals surface area (Å²) in [6.45, 7) is 8.79. The summed E-state index contributed by atoms with van der Waals surface area (Å²) in [5.41, 5.74) is 2.66. The quantitative estimate of drug-likeness (QED) is 0.115. The zero-order valence-electron chi connectivity index (χ0n) is 21.5. The van der Waals surface area contributed by atoms with E-state index in [2.05, 4.69) is 18.8 Å². The third-order valence-electron chi connectivity index (χ3n) is 5.85. The third kappa shape index (κ3) is 7.20. The van der Waals surface area contributed by atoms with Crippen LogP contribution in [0.5, 0.6) is 5.75 Å². The topological polar surface area (TPSA) is 87.9 Å². The van der Waals surface area contributed by atoms with E-state index in [1.54, 1.807) is 26.0 Å². The number of unbranched alkanes of at least 4 members (excludes halogenated alkanes) is 1. The Bertz CT molecular complexity index is 1160. The van der Waals surface area contributed by atoms with Crippen molar-refractivity contribution in [2.75, 3.05) is 19.8 Å². The lowest BCUT2D eigenvalue weighted by Gasteiger charge is -2.15. The minimum atomic E-state index is -0.715. The summed E-state index contributed by atoms with van der Waals surface area (Å²) in [6.07, 6.45) is 6.14. The minimum absolute atomic E-state index is 0.152. The first kappa shape index (κ1) is 27.0. The zero-order chi connectivity index (χ0) is 25.9. The summed E-state index contributed by atoms with van der Waals surface area (Å²) < 4.78 is 22.0. The van der Waals surface area contributed by atoms with Crippen molar-refractivity contribution >= 4 is 29.1 Å². The van der Waals surface area contributed by atoms with E-state index in [9.17, 15) is 9.59 Å². The molecule has 0 radical (unpaired) electrons. The monoisotopic (exact) mass is 493 g/mol. The zero-order valence-corrected chi connectivity index (χ0v) is 21.5. The maximum Gasteiger partial charge on any atom is 0.345 e. The number of carbonyl (C=O) groups is 2. The number of benzene rings is 2. The van der Waals surface area contributed by atoms with Crippen LogP contribution in [0.2, 0.25) is 0 Å². The molecule has 0 saturated heterocycles. The van der Waals surface area contributed by atoms with Crippen LogP contribution < -0.4 is 4.74 Å². The molecule has 1 atom stereocenters. The number of nitrogens with zero attached hydrogens (tertiary/aromatic N) is 1. The van der Waals surface area contributed by atoms with Gasteiger partial charge in [0.15, 0.2) is 5.58 Å². The summed E-state index contributed by atoms with van der Waals surface area (Å²) in [7, 11) is 0. The predicted molar refractivity (Wildman–Crippen MR) is 139 cm³/mol. The van der Waals surface area contributed by atoms with E-state index in [4.69, 9.17) is 18.6 Å². The van der Waals surface area contributed by atoms with E-state index < -0.39 is 11.9 Å². The maximum atomic E-state index is 12.2. The number of hydrogen-bond acceptors (Lipinski definition) is 7. The van der Waals surface area contributed by atoms with Gasteiger partial charge in [-0.3, -0.25) is 0 Å². The number of esters is 2. The van der Waals surface area contributed by atoms with Crippen molar-refractivity contribution in [2.24, 2.45) is 5.92 Å². The fourth-order valence-electron chi connectivity index (χ4n) is 3.74. The number of aromatic nitrogens is 1. The summed E-state index contributed by atoms with van der Waals surface area (Å²) in [4.78, 5) is 29.0. The Morgan fingerprint density at radius 1 is 0.972 bits per heavy atom. The van der Waals surface area contributed by atoms with Gasteiger partial charge < -0.3 is 18.6 Å². The van der Waals surface area contributed by atoms with E-state index in [0.717, 1.165) is 23.3 Å². The third-order valence-corrected chi connectivity index (χ3v) is 5.85. The van der Waals surface area contributed by atoms with E-state index in [1.165, 1.54) is 25.3 Å². The SMILES string of the molecule is CCCCC(CC)COc1ccc2nc(-c3ccc(C=C(C(=O)OCC)C(=O)OCC)cc3)oc2c1. The van der Waals surface area contributed by atoms with Crippen LogP contribution in [0, 0.1) is 5.92 Å². The van der Waals surface area contributed by atoms with E-state index in [0.29, 0.717) is 29.6 Å². The molecule has 0 spiro atoms. The van der Waals surface area contributed by atoms with Crippen molar-refractivity contribution in [2.45, 2.75) is 53.4 Å². The van der Waals surface area contributed by atoms with Crippen molar-refractivity contribution < 1.29 is 28.2 Å². The van der Waals surface area contributed by atoms with Crippen LogP contribution in [0.4, 0.5) is 0 Å². The van der Waals surface area contributed by atoms with Gasteiger partial charge in [-0.15, -0.1) is 0 Å². The summed E-state index contributed by atoms with van der Waals surface area (Å²) >= 11 is 0. The van der Waals surface area contributed by atoms with Crippen LogP contribution in [0.25, 0.3) is 28.6 Å². The maximum absolute atomic E-state index is 12.2. The van der Waals surface area contributed by atoms with Gasteiger partial charge in [-0.1, -0.05) is 45.2 Å². The first-order chi connectivity index (χ1) is 17.5. The molecule has 0 aliphatic heterocycles. The molecule has 0 aliphatic carbocycles. The Kier molecular flexibility index (Phi) is 10.1. The van der Waals surface area contributed by atoms with Crippen LogP contribution in [0.3, 0.4) is 0 Å².